The highest BCUT2D eigenvalue weighted by molar-refractivity contribution is 6.37. The smallest absolute Gasteiger partial charge is 0.334 e. The third-order valence-corrected chi connectivity index (χ3v) is 3.21. The molecule has 0 aliphatic carbocycles. The van der Waals surface area contributed by atoms with Crippen molar-refractivity contribution >= 4 is 35.1 Å². The second kappa shape index (κ2) is 5.17. The Hall–Kier alpha value is -0.280. The molecular formula is C10H16Cl2O3. The van der Waals surface area contributed by atoms with Gasteiger partial charge in [-0.15, -0.1) is 23.2 Å². The molecule has 0 spiro atoms. The van der Waals surface area contributed by atoms with E-state index >= 15 is 0 Å². The van der Waals surface area contributed by atoms with Crippen molar-refractivity contribution in [2.45, 2.75) is 50.3 Å². The zero-order chi connectivity index (χ0) is 12.3. The van der Waals surface area contributed by atoms with Crippen LogP contribution >= 0.6 is 23.2 Å². The lowest BCUT2D eigenvalue weighted by Crippen LogP contribution is -2.38. The molecule has 0 saturated heterocycles. The van der Waals surface area contributed by atoms with Crippen LogP contribution in [0.25, 0.3) is 0 Å². The van der Waals surface area contributed by atoms with Crippen LogP contribution in [0.3, 0.4) is 0 Å². The normalized spacial score (nSPS) is 18.8. The first kappa shape index (κ1) is 14.7. The summed E-state index contributed by atoms with van der Waals surface area (Å²) in [5.41, 5.74) is 0. The highest BCUT2D eigenvalue weighted by Crippen LogP contribution is 2.25. The number of carbonyl (C=O) groups is 2. The van der Waals surface area contributed by atoms with Gasteiger partial charge in [-0.2, -0.15) is 0 Å². The predicted molar refractivity (Wildman–Crippen MR) is 60.2 cm³/mol. The summed E-state index contributed by atoms with van der Waals surface area (Å²) >= 11 is 11.7. The molecule has 3 nitrogen and oxygen atoms in total. The van der Waals surface area contributed by atoms with Crippen molar-refractivity contribution in [3.8, 4) is 0 Å². The summed E-state index contributed by atoms with van der Waals surface area (Å²) in [7, 11) is 0. The molecule has 0 saturated carbocycles. The molecular weight excluding hydrogens is 239 g/mol. The molecule has 2 unspecified atom stereocenters. The van der Waals surface area contributed by atoms with E-state index in [1.54, 1.807) is 13.8 Å². The van der Waals surface area contributed by atoms with Gasteiger partial charge in [0.2, 0.25) is 0 Å². The fourth-order valence-corrected chi connectivity index (χ4v) is 0.663. The Bertz CT molecular complexity index is 233. The van der Waals surface area contributed by atoms with Crippen LogP contribution in [0.1, 0.15) is 40.5 Å². The molecule has 0 aliphatic heterocycles. The largest absolute Gasteiger partial charge is 0.391 e. The second-order valence-corrected chi connectivity index (χ2v) is 5.45. The third kappa shape index (κ3) is 3.99. The Labute approximate surface area is 100 Å². The summed E-state index contributed by atoms with van der Waals surface area (Å²) in [4.78, 5) is 20.5. The third-order valence-electron chi connectivity index (χ3n) is 2.36. The number of carbonyl (C=O) groups excluding carboxylic acids is 2. The zero-order valence-corrected chi connectivity index (χ0v) is 10.9. The van der Waals surface area contributed by atoms with Crippen molar-refractivity contribution in [1.29, 1.82) is 0 Å². The number of hydrogen-bond acceptors (Lipinski definition) is 3. The van der Waals surface area contributed by atoms with Crippen LogP contribution < -0.4 is 0 Å². The fraction of sp³-hybridized carbons (Fsp3) is 0.800. The average Bonchev–Trinajstić information content (AvgIpc) is 2.17. The van der Waals surface area contributed by atoms with Gasteiger partial charge < -0.3 is 4.74 Å². The molecule has 0 aliphatic rings. The minimum absolute atomic E-state index is 0.381. The number of esters is 2. The van der Waals surface area contributed by atoms with E-state index in [1.807, 2.05) is 0 Å². The molecule has 0 rings (SSSR count). The first-order chi connectivity index (χ1) is 6.67. The number of ether oxygens (including phenoxy) is 1. The van der Waals surface area contributed by atoms with Gasteiger partial charge in [0, 0.05) is 0 Å². The molecule has 15 heavy (non-hydrogen) atoms. The van der Waals surface area contributed by atoms with Crippen LogP contribution in [-0.4, -0.2) is 21.7 Å². The minimum Gasteiger partial charge on any atom is -0.391 e. The SMILES string of the molecule is CCC(C)(Cl)C(=O)OC(=O)C(C)(Cl)CC. The van der Waals surface area contributed by atoms with Crippen LogP contribution in [-0.2, 0) is 14.3 Å². The van der Waals surface area contributed by atoms with Crippen molar-refractivity contribution in [3.05, 3.63) is 0 Å². The fourth-order valence-electron chi connectivity index (χ4n) is 0.586. The summed E-state index contributed by atoms with van der Waals surface area (Å²) in [6.45, 7) is 6.47. The zero-order valence-electron chi connectivity index (χ0n) is 9.39. The highest BCUT2D eigenvalue weighted by atomic mass is 35.5. The van der Waals surface area contributed by atoms with Crippen molar-refractivity contribution in [1.82, 2.24) is 0 Å². The molecule has 0 aromatic heterocycles. The van der Waals surface area contributed by atoms with Crippen molar-refractivity contribution in [2.24, 2.45) is 0 Å². The molecule has 0 radical (unpaired) electrons. The summed E-state index contributed by atoms with van der Waals surface area (Å²) in [5, 5.41) is 0. The standard InChI is InChI=1S/C10H16Cl2O3/c1-5-9(3,11)7(13)15-8(14)10(4,12)6-2/h5-6H2,1-4H3. The molecule has 2 atom stereocenters. The second-order valence-electron chi connectivity index (χ2n) is 3.78. The first-order valence-electron chi connectivity index (χ1n) is 4.82. The summed E-state index contributed by atoms with van der Waals surface area (Å²) < 4.78 is 4.62. The van der Waals surface area contributed by atoms with Gasteiger partial charge in [-0.05, 0) is 26.7 Å². The predicted octanol–water partition coefficient (Wildman–Crippen LogP) is 2.87. The summed E-state index contributed by atoms with van der Waals surface area (Å²) in [5.74, 6) is -1.51. The minimum atomic E-state index is -1.17. The average molecular weight is 255 g/mol. The van der Waals surface area contributed by atoms with Gasteiger partial charge in [0.05, 0.1) is 0 Å². The van der Waals surface area contributed by atoms with Gasteiger partial charge >= 0.3 is 11.9 Å². The lowest BCUT2D eigenvalue weighted by Gasteiger charge is -2.21. The van der Waals surface area contributed by atoms with E-state index in [2.05, 4.69) is 4.74 Å². The monoisotopic (exact) mass is 254 g/mol. The topological polar surface area (TPSA) is 43.4 Å². The van der Waals surface area contributed by atoms with Crippen LogP contribution in [0, 0.1) is 0 Å². The van der Waals surface area contributed by atoms with Crippen LogP contribution in [0.2, 0.25) is 0 Å². The number of alkyl halides is 2. The Balaban J connectivity index is 4.51. The molecule has 0 bridgehead atoms. The molecule has 0 aromatic rings. The summed E-state index contributed by atoms with van der Waals surface area (Å²) in [6, 6.07) is 0. The maximum atomic E-state index is 11.4. The van der Waals surface area contributed by atoms with E-state index in [-0.39, 0.29) is 0 Å². The van der Waals surface area contributed by atoms with Gasteiger partial charge in [0.15, 0.2) is 0 Å². The quantitative estimate of drug-likeness (QED) is 0.440. The Morgan fingerprint density at radius 2 is 1.27 bits per heavy atom. The van der Waals surface area contributed by atoms with Crippen LogP contribution in [0.4, 0.5) is 0 Å². The molecule has 0 fully saturated rings. The number of halogens is 2. The van der Waals surface area contributed by atoms with Crippen molar-refractivity contribution in [2.75, 3.05) is 0 Å². The van der Waals surface area contributed by atoms with E-state index in [9.17, 15) is 9.59 Å². The van der Waals surface area contributed by atoms with E-state index in [0.29, 0.717) is 12.8 Å². The maximum absolute atomic E-state index is 11.4. The van der Waals surface area contributed by atoms with Gasteiger partial charge in [-0.3, -0.25) is 0 Å². The molecule has 0 N–H and O–H groups in total. The molecule has 0 heterocycles. The van der Waals surface area contributed by atoms with Crippen LogP contribution in [0.5, 0.6) is 0 Å². The van der Waals surface area contributed by atoms with E-state index < -0.39 is 21.7 Å². The Morgan fingerprint density at radius 3 is 1.47 bits per heavy atom. The highest BCUT2D eigenvalue weighted by Gasteiger charge is 2.37. The number of rotatable bonds is 4. The van der Waals surface area contributed by atoms with Crippen molar-refractivity contribution in [3.63, 3.8) is 0 Å². The summed E-state index contributed by atoms with van der Waals surface area (Å²) in [6.07, 6.45) is 0.761. The Kier molecular flexibility index (Phi) is 5.07. The Morgan fingerprint density at radius 1 is 1.00 bits per heavy atom. The number of hydrogen-bond donors (Lipinski definition) is 0. The maximum Gasteiger partial charge on any atom is 0.334 e. The van der Waals surface area contributed by atoms with E-state index in [0.717, 1.165) is 0 Å². The molecule has 88 valence electrons. The van der Waals surface area contributed by atoms with E-state index in [4.69, 9.17) is 23.2 Å². The lowest BCUT2D eigenvalue weighted by molar-refractivity contribution is -0.163. The van der Waals surface area contributed by atoms with Gasteiger partial charge in [-0.25, -0.2) is 9.59 Å². The van der Waals surface area contributed by atoms with Crippen LogP contribution in [0.15, 0.2) is 0 Å². The van der Waals surface area contributed by atoms with Gasteiger partial charge in [0.1, 0.15) is 9.75 Å². The molecule has 0 aromatic carbocycles. The van der Waals surface area contributed by atoms with Gasteiger partial charge in [-0.1, -0.05) is 13.8 Å². The van der Waals surface area contributed by atoms with Gasteiger partial charge in [0.25, 0.3) is 0 Å². The molecule has 5 heteroatoms. The first-order valence-corrected chi connectivity index (χ1v) is 5.57. The lowest BCUT2D eigenvalue weighted by atomic mass is 10.1. The van der Waals surface area contributed by atoms with Crippen molar-refractivity contribution < 1.29 is 14.3 Å². The van der Waals surface area contributed by atoms with E-state index in [1.165, 1.54) is 13.8 Å². The molecule has 0 amide bonds.